The molecular formula is C29H24ClFN2O4. The highest BCUT2D eigenvalue weighted by molar-refractivity contribution is 6.30. The third-order valence-electron chi connectivity index (χ3n) is 7.20. The summed E-state index contributed by atoms with van der Waals surface area (Å²) in [5.74, 6) is -2.72. The summed E-state index contributed by atoms with van der Waals surface area (Å²) in [6, 6.07) is 17.0. The van der Waals surface area contributed by atoms with E-state index in [1.807, 2.05) is 6.08 Å². The van der Waals surface area contributed by atoms with Crippen molar-refractivity contribution >= 4 is 29.1 Å². The molecule has 2 amide bonds. The van der Waals surface area contributed by atoms with E-state index >= 15 is 0 Å². The molecule has 1 saturated heterocycles. The molecule has 0 bridgehead atoms. The van der Waals surface area contributed by atoms with Crippen molar-refractivity contribution in [3.63, 3.8) is 0 Å². The van der Waals surface area contributed by atoms with E-state index in [2.05, 4.69) is 12.0 Å². The maximum Gasteiger partial charge on any atom is 0.260 e. The number of imide groups is 1. The normalized spacial score (nSPS) is 22.9. The second-order valence-electron chi connectivity index (χ2n) is 9.00. The van der Waals surface area contributed by atoms with Crippen LogP contribution in [0.2, 0.25) is 5.02 Å². The van der Waals surface area contributed by atoms with Crippen LogP contribution >= 0.6 is 11.6 Å². The number of carbonyl (C=O) groups is 2. The Balaban J connectivity index is 1.77. The van der Waals surface area contributed by atoms with Crippen LogP contribution in [-0.2, 0) is 15.0 Å². The topological polar surface area (TPSA) is 78.9 Å². The van der Waals surface area contributed by atoms with Gasteiger partial charge in [-0.15, -0.1) is 0 Å². The molecule has 0 spiro atoms. The highest BCUT2D eigenvalue weighted by Crippen LogP contribution is 2.60. The van der Waals surface area contributed by atoms with Crippen molar-refractivity contribution in [1.29, 1.82) is 0 Å². The first-order valence-corrected chi connectivity index (χ1v) is 12.1. The summed E-state index contributed by atoms with van der Waals surface area (Å²) in [5.41, 5.74) is 3.41. The van der Waals surface area contributed by atoms with Gasteiger partial charge in [0.25, 0.3) is 11.8 Å². The number of nitrogens with zero attached hydrogens (tertiary/aromatic N) is 1. The summed E-state index contributed by atoms with van der Waals surface area (Å²) in [6.07, 6.45) is 3.77. The van der Waals surface area contributed by atoms with E-state index in [1.54, 1.807) is 42.5 Å². The number of hydrogen-bond acceptors (Lipinski definition) is 5. The van der Waals surface area contributed by atoms with Crippen molar-refractivity contribution in [2.24, 2.45) is 5.92 Å². The number of ether oxygens (including phenoxy) is 1. The third kappa shape index (κ3) is 3.78. The number of nitrogens with one attached hydrogen (secondary N) is 1. The number of fused-ring (bicyclic) bond motifs is 1. The number of carbonyl (C=O) groups excluding carboxylic acids is 2. The minimum atomic E-state index is -1.46. The molecule has 3 aromatic rings. The lowest BCUT2D eigenvalue weighted by Crippen LogP contribution is -2.48. The Morgan fingerprint density at radius 1 is 1.14 bits per heavy atom. The fourth-order valence-electron chi connectivity index (χ4n) is 5.60. The molecule has 1 aliphatic carbocycles. The number of anilines is 1. The van der Waals surface area contributed by atoms with E-state index in [9.17, 15) is 19.1 Å². The number of benzene rings is 3. The second-order valence-corrected chi connectivity index (χ2v) is 9.43. The van der Waals surface area contributed by atoms with E-state index in [0.29, 0.717) is 33.2 Å². The highest BCUT2D eigenvalue weighted by atomic mass is 35.5. The summed E-state index contributed by atoms with van der Waals surface area (Å²) < 4.78 is 19.1. The van der Waals surface area contributed by atoms with Gasteiger partial charge in [-0.25, -0.2) is 4.39 Å². The Hall–Kier alpha value is -4.10. The molecule has 2 aliphatic rings. The van der Waals surface area contributed by atoms with Gasteiger partial charge < -0.3 is 9.84 Å². The molecule has 1 aliphatic heterocycles. The zero-order valence-electron chi connectivity index (χ0n) is 19.9. The Morgan fingerprint density at radius 2 is 1.84 bits per heavy atom. The maximum absolute atomic E-state index is 14.5. The highest BCUT2D eigenvalue weighted by Gasteiger charge is 2.66. The molecular weight excluding hydrogens is 495 g/mol. The molecule has 0 aromatic heterocycles. The summed E-state index contributed by atoms with van der Waals surface area (Å²) in [6.45, 7) is 3.96. The van der Waals surface area contributed by atoms with Crippen LogP contribution in [0.15, 0.2) is 91.0 Å². The number of aromatic hydroxyl groups is 1. The van der Waals surface area contributed by atoms with Crippen LogP contribution in [0.4, 0.5) is 10.1 Å². The fraction of sp³-hybridized carbons (Fsp3) is 0.172. The number of rotatable bonds is 6. The number of halogens is 2. The number of hydrogen-bond donors (Lipinski definition) is 2. The van der Waals surface area contributed by atoms with Gasteiger partial charge in [0, 0.05) is 16.5 Å². The van der Waals surface area contributed by atoms with Crippen LogP contribution < -0.4 is 10.2 Å². The molecule has 3 unspecified atom stereocenters. The SMILES string of the molecule is C=CC1=CCC2C(=O)N(Nc3ccc(F)cc3)C(=O)C2(c2ccc(Cl)cc2)C1c1c(O)cccc1OC. The van der Waals surface area contributed by atoms with Crippen LogP contribution in [0, 0.1) is 11.7 Å². The summed E-state index contributed by atoms with van der Waals surface area (Å²) in [7, 11) is 1.48. The lowest BCUT2D eigenvalue weighted by atomic mass is 9.55. The quantitative estimate of drug-likeness (QED) is 0.407. The van der Waals surface area contributed by atoms with E-state index in [4.69, 9.17) is 16.3 Å². The summed E-state index contributed by atoms with van der Waals surface area (Å²) >= 11 is 6.19. The molecule has 6 nitrogen and oxygen atoms in total. The van der Waals surface area contributed by atoms with Gasteiger partial charge in [-0.1, -0.05) is 48.5 Å². The van der Waals surface area contributed by atoms with Crippen LogP contribution in [0.3, 0.4) is 0 Å². The largest absolute Gasteiger partial charge is 0.508 e. The van der Waals surface area contributed by atoms with Gasteiger partial charge in [-0.05, 0) is 66.1 Å². The minimum Gasteiger partial charge on any atom is -0.508 e. The smallest absolute Gasteiger partial charge is 0.260 e. The van der Waals surface area contributed by atoms with Gasteiger partial charge in [0.15, 0.2) is 0 Å². The third-order valence-corrected chi connectivity index (χ3v) is 7.45. The number of hydrazine groups is 1. The zero-order valence-corrected chi connectivity index (χ0v) is 20.7. The van der Waals surface area contributed by atoms with Crippen LogP contribution in [0.25, 0.3) is 0 Å². The predicted molar refractivity (Wildman–Crippen MR) is 139 cm³/mol. The maximum atomic E-state index is 14.5. The average Bonchev–Trinajstić information content (AvgIpc) is 3.12. The van der Waals surface area contributed by atoms with Crippen molar-refractivity contribution in [2.45, 2.75) is 17.8 Å². The van der Waals surface area contributed by atoms with Gasteiger partial charge in [-0.2, -0.15) is 5.01 Å². The van der Waals surface area contributed by atoms with E-state index in [-0.39, 0.29) is 12.2 Å². The van der Waals surface area contributed by atoms with Gasteiger partial charge in [-0.3, -0.25) is 15.0 Å². The minimum absolute atomic E-state index is 0.0729. The first-order chi connectivity index (χ1) is 17.8. The number of amides is 2. The Kier molecular flexibility index (Phi) is 6.25. The average molecular weight is 519 g/mol. The number of phenols is 1. The standard InChI is InChI=1S/C29H24ClFN2O4/c1-3-17-7-16-22-27(35)33(32-21-14-12-20(31)13-15-21)28(36)29(22,18-8-10-19(30)11-9-18)26(17)25-23(34)5-4-6-24(25)37-2/h3-15,22,26,32,34H,1,16H2,2H3. The van der Waals surface area contributed by atoms with E-state index in [0.717, 1.165) is 5.01 Å². The molecule has 0 saturated carbocycles. The number of methoxy groups -OCH3 is 1. The molecule has 1 fully saturated rings. The Morgan fingerprint density at radius 3 is 2.49 bits per heavy atom. The van der Waals surface area contributed by atoms with Crippen molar-refractivity contribution in [1.82, 2.24) is 5.01 Å². The van der Waals surface area contributed by atoms with Gasteiger partial charge in [0.05, 0.1) is 24.1 Å². The van der Waals surface area contributed by atoms with Crippen LogP contribution in [-0.4, -0.2) is 29.0 Å². The van der Waals surface area contributed by atoms with Crippen molar-refractivity contribution in [3.05, 3.63) is 113 Å². The Labute approximate surface area is 218 Å². The van der Waals surface area contributed by atoms with Gasteiger partial charge >= 0.3 is 0 Å². The molecule has 5 rings (SSSR count). The summed E-state index contributed by atoms with van der Waals surface area (Å²) in [4.78, 5) is 28.4. The lowest BCUT2D eigenvalue weighted by Gasteiger charge is -2.43. The first kappa shape index (κ1) is 24.6. The fourth-order valence-corrected chi connectivity index (χ4v) is 5.73. The Bertz CT molecular complexity index is 1420. The van der Waals surface area contributed by atoms with Crippen LogP contribution in [0.1, 0.15) is 23.5 Å². The van der Waals surface area contributed by atoms with Gasteiger partial charge in [0.1, 0.15) is 17.3 Å². The van der Waals surface area contributed by atoms with Crippen molar-refractivity contribution in [2.75, 3.05) is 12.5 Å². The van der Waals surface area contributed by atoms with Crippen molar-refractivity contribution < 1.29 is 23.8 Å². The molecule has 3 atom stereocenters. The zero-order chi connectivity index (χ0) is 26.3. The summed E-state index contributed by atoms with van der Waals surface area (Å²) in [5, 5.41) is 12.5. The first-order valence-electron chi connectivity index (χ1n) is 11.7. The van der Waals surface area contributed by atoms with E-state index < -0.39 is 34.9 Å². The molecule has 3 aromatic carbocycles. The predicted octanol–water partition coefficient (Wildman–Crippen LogP) is 5.74. The second kappa shape index (κ2) is 9.41. The molecule has 1 heterocycles. The molecule has 37 heavy (non-hydrogen) atoms. The van der Waals surface area contributed by atoms with Gasteiger partial charge in [0.2, 0.25) is 0 Å². The molecule has 8 heteroatoms. The molecule has 188 valence electrons. The number of phenolic OH excluding ortho intramolecular Hbond substituents is 1. The monoisotopic (exact) mass is 518 g/mol. The molecule has 2 N–H and O–H groups in total. The van der Waals surface area contributed by atoms with E-state index in [1.165, 1.54) is 37.4 Å². The van der Waals surface area contributed by atoms with Crippen LogP contribution in [0.5, 0.6) is 11.5 Å². The lowest BCUT2D eigenvalue weighted by molar-refractivity contribution is -0.138. The molecule has 0 radical (unpaired) electrons. The number of allylic oxidation sites excluding steroid dienone is 3. The van der Waals surface area contributed by atoms with Crippen molar-refractivity contribution in [3.8, 4) is 11.5 Å².